The first-order valence-electron chi connectivity index (χ1n) is 3.62. The minimum Gasteiger partial charge on any atom is -0.367 e. The second-order valence-corrected chi connectivity index (χ2v) is 2.50. The van der Waals surface area contributed by atoms with Crippen LogP contribution in [0.25, 0.3) is 0 Å². The van der Waals surface area contributed by atoms with Gasteiger partial charge in [0, 0.05) is 6.54 Å². The summed E-state index contributed by atoms with van der Waals surface area (Å²) < 4.78 is 74.1. The molecule has 0 saturated carbocycles. The Balaban J connectivity index is 3.87. The molecule has 0 aliphatic carbocycles. The van der Waals surface area contributed by atoms with Crippen LogP contribution in [0.15, 0.2) is 0 Å². The molecular weight excluding hydrogens is 216 g/mol. The van der Waals surface area contributed by atoms with Gasteiger partial charge in [-0.2, -0.15) is 26.3 Å². The molecule has 86 valence electrons. The van der Waals surface area contributed by atoms with Crippen LogP contribution in [0.2, 0.25) is 0 Å². The Hall–Kier alpha value is -0.500. The second-order valence-electron chi connectivity index (χ2n) is 2.50. The predicted molar refractivity (Wildman–Crippen MR) is 35.5 cm³/mol. The fraction of sp³-hybridized carbons (Fsp3) is 1.00. The molecule has 0 aromatic heterocycles. The molecule has 0 rings (SSSR count). The number of alkyl halides is 6. The van der Waals surface area contributed by atoms with Crippen molar-refractivity contribution in [2.24, 2.45) is 5.73 Å². The summed E-state index contributed by atoms with van der Waals surface area (Å²) in [6.07, 6.45) is -13.0. The number of ether oxygens (including phenoxy) is 1. The molecule has 0 heterocycles. The number of hydrogen-bond acceptors (Lipinski definition) is 2. The van der Waals surface area contributed by atoms with Gasteiger partial charge in [0.15, 0.2) is 6.10 Å². The SMILES string of the molecule is NCC(OCCC(F)(F)F)C(F)(F)F. The first-order valence-corrected chi connectivity index (χ1v) is 3.62. The van der Waals surface area contributed by atoms with Crippen LogP contribution in [0.5, 0.6) is 0 Å². The Labute approximate surface area is 76.0 Å². The van der Waals surface area contributed by atoms with E-state index in [0.717, 1.165) is 0 Å². The molecule has 0 bridgehead atoms. The lowest BCUT2D eigenvalue weighted by atomic mass is 10.3. The van der Waals surface area contributed by atoms with Gasteiger partial charge in [0.1, 0.15) is 0 Å². The van der Waals surface area contributed by atoms with Gasteiger partial charge in [0.25, 0.3) is 0 Å². The molecule has 0 aliphatic heterocycles. The standard InChI is InChI=1S/C6H9F6NO/c7-5(8,9)1-2-14-4(3-13)6(10,11)12/h4H,1-3,13H2. The topological polar surface area (TPSA) is 35.2 Å². The van der Waals surface area contributed by atoms with Gasteiger partial charge in [0.05, 0.1) is 13.0 Å². The first-order chi connectivity index (χ1) is 6.17. The molecule has 14 heavy (non-hydrogen) atoms. The summed E-state index contributed by atoms with van der Waals surface area (Å²) in [5.74, 6) is 0. The summed E-state index contributed by atoms with van der Waals surface area (Å²) in [6.45, 7) is -1.92. The third-order valence-corrected chi connectivity index (χ3v) is 1.28. The monoisotopic (exact) mass is 225 g/mol. The molecule has 0 aromatic carbocycles. The van der Waals surface area contributed by atoms with Crippen LogP contribution < -0.4 is 5.73 Å². The lowest BCUT2D eigenvalue weighted by molar-refractivity contribution is -0.225. The average molecular weight is 225 g/mol. The summed E-state index contributed by atoms with van der Waals surface area (Å²) in [5.41, 5.74) is 4.68. The van der Waals surface area contributed by atoms with Crippen molar-refractivity contribution < 1.29 is 31.1 Å². The Morgan fingerprint density at radius 1 is 1.07 bits per heavy atom. The quantitative estimate of drug-likeness (QED) is 0.741. The van der Waals surface area contributed by atoms with E-state index in [-0.39, 0.29) is 0 Å². The molecule has 8 heteroatoms. The van der Waals surface area contributed by atoms with Crippen molar-refractivity contribution in [2.45, 2.75) is 24.9 Å². The van der Waals surface area contributed by atoms with Crippen LogP contribution in [0.4, 0.5) is 26.3 Å². The van der Waals surface area contributed by atoms with E-state index in [4.69, 9.17) is 0 Å². The molecule has 0 saturated heterocycles. The van der Waals surface area contributed by atoms with E-state index in [2.05, 4.69) is 10.5 Å². The lowest BCUT2D eigenvalue weighted by Gasteiger charge is -2.19. The third-order valence-electron chi connectivity index (χ3n) is 1.28. The molecular formula is C6H9F6NO. The van der Waals surface area contributed by atoms with E-state index >= 15 is 0 Å². The summed E-state index contributed by atoms with van der Waals surface area (Å²) in [6, 6.07) is 0. The van der Waals surface area contributed by atoms with Gasteiger partial charge < -0.3 is 10.5 Å². The van der Waals surface area contributed by atoms with E-state index in [1.807, 2.05) is 0 Å². The van der Waals surface area contributed by atoms with E-state index < -0.39 is 38.0 Å². The van der Waals surface area contributed by atoms with Crippen LogP contribution in [-0.4, -0.2) is 31.6 Å². The highest BCUT2D eigenvalue weighted by Gasteiger charge is 2.40. The van der Waals surface area contributed by atoms with Crippen LogP contribution in [0.1, 0.15) is 6.42 Å². The van der Waals surface area contributed by atoms with Crippen LogP contribution >= 0.6 is 0 Å². The molecule has 1 atom stereocenters. The van der Waals surface area contributed by atoms with Crippen LogP contribution in [0, 0.1) is 0 Å². The molecule has 0 radical (unpaired) electrons. The number of halogens is 6. The van der Waals surface area contributed by atoms with E-state index in [1.54, 1.807) is 0 Å². The highest BCUT2D eigenvalue weighted by atomic mass is 19.4. The van der Waals surface area contributed by atoms with Crippen molar-refractivity contribution in [3.63, 3.8) is 0 Å². The minimum absolute atomic E-state index is 0.888. The average Bonchev–Trinajstić information content (AvgIpc) is 1.93. The van der Waals surface area contributed by atoms with Gasteiger partial charge >= 0.3 is 12.4 Å². The molecule has 0 aromatic rings. The van der Waals surface area contributed by atoms with Gasteiger partial charge in [-0.1, -0.05) is 0 Å². The van der Waals surface area contributed by atoms with E-state index in [9.17, 15) is 26.3 Å². The first kappa shape index (κ1) is 13.5. The summed E-state index contributed by atoms with van der Waals surface area (Å²) >= 11 is 0. The zero-order chi connectivity index (χ0) is 11.4. The number of nitrogens with two attached hydrogens (primary N) is 1. The maximum absolute atomic E-state index is 11.9. The largest absolute Gasteiger partial charge is 0.415 e. The minimum atomic E-state index is -4.72. The van der Waals surface area contributed by atoms with Crippen molar-refractivity contribution in [1.29, 1.82) is 0 Å². The van der Waals surface area contributed by atoms with Gasteiger partial charge in [0.2, 0.25) is 0 Å². The summed E-state index contributed by atoms with van der Waals surface area (Å²) in [5, 5.41) is 0. The molecule has 2 N–H and O–H groups in total. The highest BCUT2D eigenvalue weighted by Crippen LogP contribution is 2.24. The molecule has 0 aliphatic rings. The second kappa shape index (κ2) is 4.83. The molecule has 0 amide bonds. The van der Waals surface area contributed by atoms with Gasteiger partial charge in [-0.15, -0.1) is 0 Å². The molecule has 2 nitrogen and oxygen atoms in total. The molecule has 0 fully saturated rings. The summed E-state index contributed by atoms with van der Waals surface area (Å²) in [7, 11) is 0. The Kier molecular flexibility index (Phi) is 4.66. The fourth-order valence-corrected chi connectivity index (χ4v) is 0.613. The van der Waals surface area contributed by atoms with Crippen LogP contribution in [0.3, 0.4) is 0 Å². The van der Waals surface area contributed by atoms with Crippen molar-refractivity contribution in [2.75, 3.05) is 13.2 Å². The van der Waals surface area contributed by atoms with Gasteiger partial charge in [-0.05, 0) is 0 Å². The zero-order valence-corrected chi connectivity index (χ0v) is 6.95. The van der Waals surface area contributed by atoms with Crippen molar-refractivity contribution >= 4 is 0 Å². The van der Waals surface area contributed by atoms with Crippen LogP contribution in [-0.2, 0) is 4.74 Å². The number of hydrogen-bond donors (Lipinski definition) is 1. The highest BCUT2D eigenvalue weighted by molar-refractivity contribution is 4.68. The normalized spacial score (nSPS) is 15.6. The Bertz CT molecular complexity index is 165. The predicted octanol–water partition coefficient (Wildman–Crippen LogP) is 1.84. The smallest absolute Gasteiger partial charge is 0.367 e. The zero-order valence-electron chi connectivity index (χ0n) is 6.95. The van der Waals surface area contributed by atoms with Gasteiger partial charge in [-0.3, -0.25) is 0 Å². The Morgan fingerprint density at radius 2 is 1.57 bits per heavy atom. The summed E-state index contributed by atoms with van der Waals surface area (Å²) in [4.78, 5) is 0. The maximum atomic E-state index is 11.9. The van der Waals surface area contributed by atoms with Gasteiger partial charge in [-0.25, -0.2) is 0 Å². The van der Waals surface area contributed by atoms with Crippen molar-refractivity contribution in [1.82, 2.24) is 0 Å². The van der Waals surface area contributed by atoms with Crippen molar-refractivity contribution in [3.8, 4) is 0 Å². The lowest BCUT2D eigenvalue weighted by Crippen LogP contribution is -2.39. The number of rotatable bonds is 4. The van der Waals surface area contributed by atoms with Crippen molar-refractivity contribution in [3.05, 3.63) is 0 Å². The van der Waals surface area contributed by atoms with E-state index in [0.29, 0.717) is 0 Å². The maximum Gasteiger partial charge on any atom is 0.415 e. The fourth-order valence-electron chi connectivity index (χ4n) is 0.613. The van der Waals surface area contributed by atoms with E-state index in [1.165, 1.54) is 0 Å². The molecule has 1 unspecified atom stereocenters. The molecule has 0 spiro atoms. The Morgan fingerprint density at radius 3 is 1.86 bits per heavy atom. The third kappa shape index (κ3) is 6.03.